The number of ether oxygens (including phenoxy) is 1. The molecule has 0 atom stereocenters. The molecule has 0 aromatic heterocycles. The Morgan fingerprint density at radius 1 is 1.20 bits per heavy atom. The largest absolute Gasteiger partial charge is 0.459 e. The minimum Gasteiger partial charge on any atom is -0.459 e. The molecule has 0 bridgehead atoms. The van der Waals surface area contributed by atoms with Gasteiger partial charge >= 0.3 is 5.97 Å². The highest BCUT2D eigenvalue weighted by atomic mass is 16.6. The molecule has 0 unspecified atom stereocenters. The van der Waals surface area contributed by atoms with Crippen molar-refractivity contribution >= 4 is 5.97 Å². The monoisotopic (exact) mass is 214 g/mol. The van der Waals surface area contributed by atoms with Crippen molar-refractivity contribution in [3.05, 3.63) is 0 Å². The molecular weight excluding hydrogens is 188 g/mol. The molecule has 0 radical (unpaired) electrons. The molecule has 0 saturated carbocycles. The summed E-state index contributed by atoms with van der Waals surface area (Å²) in [6.07, 6.45) is 1.71. The second-order valence-corrected chi connectivity index (χ2v) is 5.98. The van der Waals surface area contributed by atoms with Crippen molar-refractivity contribution in [3.8, 4) is 0 Å². The van der Waals surface area contributed by atoms with Crippen LogP contribution in [0.25, 0.3) is 0 Å². The van der Waals surface area contributed by atoms with Crippen molar-refractivity contribution in [1.29, 1.82) is 0 Å². The third-order valence-corrected chi connectivity index (χ3v) is 2.71. The van der Waals surface area contributed by atoms with Crippen LogP contribution in [-0.4, -0.2) is 11.6 Å². The van der Waals surface area contributed by atoms with Crippen LogP contribution in [0.1, 0.15) is 61.3 Å². The molecule has 0 fully saturated rings. The predicted octanol–water partition coefficient (Wildman–Crippen LogP) is 3.79. The van der Waals surface area contributed by atoms with Crippen molar-refractivity contribution in [2.24, 2.45) is 11.3 Å². The summed E-state index contributed by atoms with van der Waals surface area (Å²) in [5, 5.41) is 0. The summed E-state index contributed by atoms with van der Waals surface area (Å²) >= 11 is 0. The van der Waals surface area contributed by atoms with Crippen LogP contribution in [0.2, 0.25) is 0 Å². The normalized spacial score (nSPS) is 13.1. The third-order valence-electron chi connectivity index (χ3n) is 2.71. The second kappa shape index (κ2) is 5.00. The number of carbonyl (C=O) groups excluding carboxylic acids is 1. The molecule has 0 spiro atoms. The molecule has 0 heterocycles. The summed E-state index contributed by atoms with van der Waals surface area (Å²) < 4.78 is 5.57. The van der Waals surface area contributed by atoms with Crippen LogP contribution >= 0.6 is 0 Å². The van der Waals surface area contributed by atoms with Crippen molar-refractivity contribution < 1.29 is 9.53 Å². The highest BCUT2D eigenvalue weighted by molar-refractivity contribution is 5.76. The average molecular weight is 214 g/mol. The van der Waals surface area contributed by atoms with Crippen molar-refractivity contribution in [2.45, 2.75) is 66.9 Å². The molecule has 0 aliphatic heterocycles. The first-order chi connectivity index (χ1) is 6.60. The quantitative estimate of drug-likeness (QED) is 0.651. The summed E-state index contributed by atoms with van der Waals surface area (Å²) in [4.78, 5) is 11.9. The van der Waals surface area contributed by atoms with Crippen LogP contribution in [0, 0.1) is 11.3 Å². The summed E-state index contributed by atoms with van der Waals surface area (Å²) in [6, 6.07) is 0. The number of esters is 1. The first-order valence-electron chi connectivity index (χ1n) is 5.84. The highest BCUT2D eigenvalue weighted by Crippen LogP contribution is 2.27. The van der Waals surface area contributed by atoms with Crippen LogP contribution < -0.4 is 0 Å². The van der Waals surface area contributed by atoms with Crippen molar-refractivity contribution in [2.75, 3.05) is 0 Å². The Kier molecular flexibility index (Phi) is 4.82. The number of rotatable bonds is 5. The van der Waals surface area contributed by atoms with Crippen LogP contribution in [0.4, 0.5) is 0 Å². The van der Waals surface area contributed by atoms with Crippen LogP contribution in [-0.2, 0) is 9.53 Å². The summed E-state index contributed by atoms with van der Waals surface area (Å²) in [5.41, 5.74) is -0.716. The molecule has 2 heteroatoms. The first kappa shape index (κ1) is 14.5. The van der Waals surface area contributed by atoms with Crippen molar-refractivity contribution in [1.82, 2.24) is 0 Å². The van der Waals surface area contributed by atoms with Crippen LogP contribution in [0.15, 0.2) is 0 Å². The molecular formula is C13H26O2. The highest BCUT2D eigenvalue weighted by Gasteiger charge is 2.32. The lowest BCUT2D eigenvalue weighted by molar-refractivity contribution is -0.168. The van der Waals surface area contributed by atoms with E-state index >= 15 is 0 Å². The van der Waals surface area contributed by atoms with E-state index in [1.165, 1.54) is 0 Å². The van der Waals surface area contributed by atoms with E-state index < -0.39 is 0 Å². The molecule has 0 aliphatic carbocycles. The molecule has 0 aliphatic rings. The molecule has 0 N–H and O–H groups in total. The molecule has 0 saturated heterocycles. The standard InChI is InChI=1S/C13H26O2/c1-8-12(4,5)11(14)15-13(6,7)9-10(2)3/h10H,8-9H2,1-7H3. The average Bonchev–Trinajstić information content (AvgIpc) is 2.00. The molecule has 2 nitrogen and oxygen atoms in total. The zero-order chi connectivity index (χ0) is 12.3. The second-order valence-electron chi connectivity index (χ2n) is 5.98. The Labute approximate surface area is 94.4 Å². The molecule has 0 aromatic rings. The SMILES string of the molecule is CCC(C)(C)C(=O)OC(C)(C)CC(C)C. The van der Waals surface area contributed by atoms with E-state index in [0.717, 1.165) is 12.8 Å². The maximum atomic E-state index is 11.9. The molecule has 90 valence electrons. The Morgan fingerprint density at radius 2 is 1.67 bits per heavy atom. The van der Waals surface area contributed by atoms with Gasteiger partial charge in [-0.1, -0.05) is 20.8 Å². The van der Waals surface area contributed by atoms with Gasteiger partial charge in [-0.15, -0.1) is 0 Å². The van der Waals surface area contributed by atoms with Crippen molar-refractivity contribution in [3.63, 3.8) is 0 Å². The number of hydrogen-bond donors (Lipinski definition) is 0. The minimum atomic E-state index is -0.367. The van der Waals surface area contributed by atoms with Gasteiger partial charge in [0.15, 0.2) is 0 Å². The maximum Gasteiger partial charge on any atom is 0.312 e. The zero-order valence-electron chi connectivity index (χ0n) is 11.3. The molecule has 0 amide bonds. The summed E-state index contributed by atoms with van der Waals surface area (Å²) in [5.74, 6) is 0.452. The van der Waals surface area contributed by atoms with Gasteiger partial charge in [0.25, 0.3) is 0 Å². The van der Waals surface area contributed by atoms with E-state index in [1.807, 2.05) is 34.6 Å². The van der Waals surface area contributed by atoms with Gasteiger partial charge in [0.05, 0.1) is 5.41 Å². The molecule has 15 heavy (non-hydrogen) atoms. The van der Waals surface area contributed by atoms with Gasteiger partial charge in [0.1, 0.15) is 5.60 Å². The van der Waals surface area contributed by atoms with Gasteiger partial charge in [0.2, 0.25) is 0 Å². The summed E-state index contributed by atoms with van der Waals surface area (Å²) in [6.45, 7) is 14.1. The Hall–Kier alpha value is -0.530. The van der Waals surface area contributed by atoms with Gasteiger partial charge in [-0.3, -0.25) is 4.79 Å². The topological polar surface area (TPSA) is 26.3 Å². The Morgan fingerprint density at radius 3 is 2.00 bits per heavy atom. The molecule has 0 aromatic carbocycles. The molecule has 0 rings (SSSR count). The minimum absolute atomic E-state index is 0.0874. The lowest BCUT2D eigenvalue weighted by Gasteiger charge is -2.31. The van der Waals surface area contributed by atoms with E-state index in [2.05, 4.69) is 13.8 Å². The first-order valence-corrected chi connectivity index (χ1v) is 5.84. The van der Waals surface area contributed by atoms with Gasteiger partial charge in [-0.05, 0) is 46.5 Å². The van der Waals surface area contributed by atoms with Crippen LogP contribution in [0.5, 0.6) is 0 Å². The fraction of sp³-hybridized carbons (Fsp3) is 0.923. The van der Waals surface area contributed by atoms with E-state index in [0.29, 0.717) is 5.92 Å². The van der Waals surface area contributed by atoms with E-state index in [4.69, 9.17) is 4.74 Å². The van der Waals surface area contributed by atoms with E-state index in [-0.39, 0.29) is 17.0 Å². The maximum absolute atomic E-state index is 11.9. The number of hydrogen-bond acceptors (Lipinski definition) is 2. The van der Waals surface area contributed by atoms with Gasteiger partial charge in [-0.25, -0.2) is 0 Å². The lowest BCUT2D eigenvalue weighted by atomic mass is 9.89. The van der Waals surface area contributed by atoms with Gasteiger partial charge < -0.3 is 4.74 Å². The fourth-order valence-electron chi connectivity index (χ4n) is 1.56. The Balaban J connectivity index is 4.40. The van der Waals surface area contributed by atoms with Crippen LogP contribution in [0.3, 0.4) is 0 Å². The zero-order valence-corrected chi connectivity index (χ0v) is 11.3. The van der Waals surface area contributed by atoms with Gasteiger partial charge in [0, 0.05) is 0 Å². The van der Waals surface area contributed by atoms with E-state index in [1.54, 1.807) is 0 Å². The predicted molar refractivity (Wildman–Crippen MR) is 63.7 cm³/mol. The van der Waals surface area contributed by atoms with E-state index in [9.17, 15) is 4.79 Å². The van der Waals surface area contributed by atoms with Gasteiger partial charge in [-0.2, -0.15) is 0 Å². The lowest BCUT2D eigenvalue weighted by Crippen LogP contribution is -2.36. The number of carbonyl (C=O) groups is 1. The smallest absolute Gasteiger partial charge is 0.312 e. The Bertz CT molecular complexity index is 215. The fourth-order valence-corrected chi connectivity index (χ4v) is 1.56. The summed E-state index contributed by atoms with van der Waals surface area (Å²) in [7, 11) is 0. The third kappa shape index (κ3) is 5.19.